The Morgan fingerprint density at radius 1 is 1.03 bits per heavy atom. The van der Waals surface area contributed by atoms with Gasteiger partial charge in [-0.15, -0.1) is 12.4 Å². The Morgan fingerprint density at radius 3 is 2.39 bits per heavy atom. The molecule has 0 N–H and O–H groups in total. The van der Waals surface area contributed by atoms with E-state index in [0.29, 0.717) is 17.0 Å². The molecule has 0 unspecified atom stereocenters. The van der Waals surface area contributed by atoms with Gasteiger partial charge in [0.25, 0.3) is 5.91 Å². The molecule has 1 amide bonds. The summed E-state index contributed by atoms with van der Waals surface area (Å²) >= 11 is 0. The standard InChI is InChI=1S/C26H34N2O2.ClH/c29-25(22-11-16-30-20-22)28(23-9-5-2-6-10-23)24-17-26(18-24)12-14-27(15-13-26)19-21-7-3-1-4-8-21;/h2,5-6,9-11,16,20-21,24H,1,3-4,7-8,12-15,17-19H2;1H. The van der Waals surface area contributed by atoms with Crippen LogP contribution in [0, 0.1) is 11.3 Å². The molecule has 1 aromatic heterocycles. The van der Waals surface area contributed by atoms with Crippen LogP contribution in [-0.4, -0.2) is 36.5 Å². The third-order valence-electron chi connectivity index (χ3n) is 7.88. The number of halogens is 1. The van der Waals surface area contributed by atoms with Crippen molar-refractivity contribution in [3.63, 3.8) is 0 Å². The van der Waals surface area contributed by atoms with Crippen LogP contribution < -0.4 is 4.90 Å². The van der Waals surface area contributed by atoms with Crippen LogP contribution in [0.25, 0.3) is 0 Å². The Balaban J connectivity index is 0.00000231. The number of rotatable bonds is 5. The number of para-hydroxylation sites is 1. The van der Waals surface area contributed by atoms with E-state index in [1.165, 1.54) is 64.6 Å². The van der Waals surface area contributed by atoms with E-state index in [4.69, 9.17) is 4.42 Å². The van der Waals surface area contributed by atoms with Gasteiger partial charge in [-0.1, -0.05) is 37.5 Å². The van der Waals surface area contributed by atoms with Crippen LogP contribution in [0.3, 0.4) is 0 Å². The van der Waals surface area contributed by atoms with Gasteiger partial charge in [0.1, 0.15) is 6.26 Å². The second-order valence-electron chi connectivity index (χ2n) is 9.89. The quantitative estimate of drug-likeness (QED) is 0.555. The van der Waals surface area contributed by atoms with E-state index in [0.717, 1.165) is 24.4 Å². The second kappa shape index (κ2) is 9.79. The molecule has 2 aliphatic carbocycles. The molecule has 2 heterocycles. The molecule has 0 radical (unpaired) electrons. The van der Waals surface area contributed by atoms with E-state index < -0.39 is 0 Å². The Morgan fingerprint density at radius 2 is 1.74 bits per heavy atom. The summed E-state index contributed by atoms with van der Waals surface area (Å²) in [6.45, 7) is 3.79. The Labute approximate surface area is 192 Å². The lowest BCUT2D eigenvalue weighted by Crippen LogP contribution is -2.57. The minimum Gasteiger partial charge on any atom is -0.472 e. The predicted octanol–water partition coefficient (Wildman–Crippen LogP) is 6.17. The zero-order chi connectivity index (χ0) is 20.4. The Hall–Kier alpha value is -1.78. The van der Waals surface area contributed by atoms with Crippen LogP contribution in [0.2, 0.25) is 0 Å². The molecule has 0 bridgehead atoms. The van der Waals surface area contributed by atoms with Crippen LogP contribution in [0.15, 0.2) is 53.3 Å². The van der Waals surface area contributed by atoms with E-state index in [1.807, 2.05) is 23.1 Å². The Bertz CT molecular complexity index is 816. The number of benzene rings is 1. The number of anilines is 1. The fourth-order valence-corrected chi connectivity index (χ4v) is 6.08. The molecule has 3 aliphatic rings. The molecular weight excluding hydrogens is 408 g/mol. The smallest absolute Gasteiger partial charge is 0.261 e. The third kappa shape index (κ3) is 4.85. The summed E-state index contributed by atoms with van der Waals surface area (Å²) in [4.78, 5) is 18.0. The molecule has 1 aromatic carbocycles. The molecule has 4 nitrogen and oxygen atoms in total. The lowest BCUT2D eigenvalue weighted by atomic mass is 9.59. The number of carbonyl (C=O) groups excluding carboxylic acids is 1. The third-order valence-corrected chi connectivity index (χ3v) is 7.88. The summed E-state index contributed by atoms with van der Waals surface area (Å²) in [5.74, 6) is 0.993. The van der Waals surface area contributed by atoms with Gasteiger partial charge < -0.3 is 14.2 Å². The SMILES string of the molecule is Cl.O=C(c1ccoc1)N(c1ccccc1)C1CC2(CCN(CC3CCCCC3)CC2)C1. The number of hydrogen-bond donors (Lipinski definition) is 0. The summed E-state index contributed by atoms with van der Waals surface area (Å²) in [7, 11) is 0. The van der Waals surface area contributed by atoms with Gasteiger partial charge in [0.05, 0.1) is 11.8 Å². The monoisotopic (exact) mass is 442 g/mol. The first-order valence-corrected chi connectivity index (χ1v) is 11.9. The maximum absolute atomic E-state index is 13.2. The largest absolute Gasteiger partial charge is 0.472 e. The van der Waals surface area contributed by atoms with Crippen molar-refractivity contribution in [1.82, 2.24) is 4.90 Å². The molecule has 168 valence electrons. The number of piperidine rings is 1. The van der Waals surface area contributed by atoms with Crippen molar-refractivity contribution in [3.8, 4) is 0 Å². The van der Waals surface area contributed by atoms with Gasteiger partial charge in [-0.3, -0.25) is 4.79 Å². The first-order valence-electron chi connectivity index (χ1n) is 11.9. The molecule has 1 spiro atoms. The van der Waals surface area contributed by atoms with Crippen LogP contribution >= 0.6 is 12.4 Å². The number of hydrogen-bond acceptors (Lipinski definition) is 3. The Kier molecular flexibility index (Phi) is 7.08. The first-order chi connectivity index (χ1) is 14.7. The van der Waals surface area contributed by atoms with Crippen LogP contribution in [0.5, 0.6) is 0 Å². The van der Waals surface area contributed by atoms with E-state index >= 15 is 0 Å². The van der Waals surface area contributed by atoms with Crippen molar-refractivity contribution in [3.05, 3.63) is 54.5 Å². The minimum absolute atomic E-state index is 0. The molecule has 1 saturated heterocycles. The molecule has 5 heteroatoms. The van der Waals surface area contributed by atoms with Crippen LogP contribution in [0.4, 0.5) is 5.69 Å². The topological polar surface area (TPSA) is 36.7 Å². The van der Waals surface area contributed by atoms with Crippen molar-refractivity contribution in [2.45, 2.75) is 63.8 Å². The molecule has 0 atom stereocenters. The zero-order valence-corrected chi connectivity index (χ0v) is 19.2. The number of likely N-dealkylation sites (tertiary alicyclic amines) is 1. The molecule has 1 aliphatic heterocycles. The number of nitrogens with zero attached hydrogens (tertiary/aromatic N) is 2. The van der Waals surface area contributed by atoms with Gasteiger partial charge in [0, 0.05) is 18.3 Å². The molecular formula is C26H35ClN2O2. The minimum atomic E-state index is 0. The van der Waals surface area contributed by atoms with Crippen LogP contribution in [0.1, 0.15) is 68.1 Å². The highest BCUT2D eigenvalue weighted by Crippen LogP contribution is 2.52. The molecule has 2 saturated carbocycles. The summed E-state index contributed by atoms with van der Waals surface area (Å²) in [5, 5.41) is 0. The van der Waals surface area contributed by atoms with Crippen molar-refractivity contribution in [2.24, 2.45) is 11.3 Å². The fourth-order valence-electron chi connectivity index (χ4n) is 6.08. The van der Waals surface area contributed by atoms with Crippen molar-refractivity contribution < 1.29 is 9.21 Å². The van der Waals surface area contributed by atoms with Gasteiger partial charge >= 0.3 is 0 Å². The summed E-state index contributed by atoms with van der Waals surface area (Å²) in [6.07, 6.45) is 15.2. The maximum Gasteiger partial charge on any atom is 0.261 e. The zero-order valence-electron chi connectivity index (χ0n) is 18.4. The van der Waals surface area contributed by atoms with E-state index in [2.05, 4.69) is 17.0 Å². The highest BCUT2D eigenvalue weighted by atomic mass is 35.5. The highest BCUT2D eigenvalue weighted by molar-refractivity contribution is 6.06. The highest BCUT2D eigenvalue weighted by Gasteiger charge is 2.49. The number of carbonyl (C=O) groups is 1. The predicted molar refractivity (Wildman–Crippen MR) is 127 cm³/mol. The molecule has 3 fully saturated rings. The van der Waals surface area contributed by atoms with E-state index in [-0.39, 0.29) is 18.3 Å². The summed E-state index contributed by atoms with van der Waals surface area (Å²) in [5.41, 5.74) is 2.08. The molecule has 2 aromatic rings. The normalized spacial score (nSPS) is 21.9. The van der Waals surface area contributed by atoms with Gasteiger partial charge in [-0.05, 0) is 81.1 Å². The van der Waals surface area contributed by atoms with Gasteiger partial charge in [0.15, 0.2) is 0 Å². The van der Waals surface area contributed by atoms with Gasteiger partial charge in [-0.2, -0.15) is 0 Å². The summed E-state index contributed by atoms with van der Waals surface area (Å²) in [6, 6.07) is 12.2. The fraction of sp³-hybridized carbons (Fsp3) is 0.577. The summed E-state index contributed by atoms with van der Waals surface area (Å²) < 4.78 is 5.18. The van der Waals surface area contributed by atoms with Gasteiger partial charge in [-0.25, -0.2) is 0 Å². The molecule has 31 heavy (non-hydrogen) atoms. The second-order valence-corrected chi connectivity index (χ2v) is 9.89. The maximum atomic E-state index is 13.2. The van der Waals surface area contributed by atoms with Crippen molar-refractivity contribution in [2.75, 3.05) is 24.5 Å². The van der Waals surface area contributed by atoms with Gasteiger partial charge in [0.2, 0.25) is 0 Å². The van der Waals surface area contributed by atoms with Crippen molar-refractivity contribution >= 4 is 24.0 Å². The van der Waals surface area contributed by atoms with E-state index in [1.54, 1.807) is 18.6 Å². The van der Waals surface area contributed by atoms with E-state index in [9.17, 15) is 4.79 Å². The first kappa shape index (κ1) is 22.4. The van der Waals surface area contributed by atoms with Crippen LogP contribution in [-0.2, 0) is 0 Å². The average Bonchev–Trinajstić information content (AvgIpc) is 3.30. The molecule has 5 rings (SSSR count). The van der Waals surface area contributed by atoms with Crippen molar-refractivity contribution in [1.29, 1.82) is 0 Å². The lowest BCUT2D eigenvalue weighted by Gasteiger charge is -2.55. The number of amides is 1. The lowest BCUT2D eigenvalue weighted by molar-refractivity contribution is 0.00911. The number of furan rings is 1. The average molecular weight is 443 g/mol.